The second kappa shape index (κ2) is 11.2. The fraction of sp³-hybridized carbons (Fsp3) is 0.107. The van der Waals surface area contributed by atoms with E-state index in [4.69, 9.17) is 14.2 Å². The number of rotatable bonds is 8. The lowest BCUT2D eigenvalue weighted by atomic mass is 9.99. The van der Waals surface area contributed by atoms with Gasteiger partial charge >= 0.3 is 5.97 Å². The molecule has 10 heteroatoms. The Bertz CT molecular complexity index is 1540. The van der Waals surface area contributed by atoms with Crippen LogP contribution in [0.2, 0.25) is 0 Å². The fourth-order valence-corrected chi connectivity index (χ4v) is 3.89. The van der Waals surface area contributed by atoms with Crippen molar-refractivity contribution in [3.05, 3.63) is 88.6 Å². The van der Waals surface area contributed by atoms with Crippen molar-refractivity contribution in [2.24, 2.45) is 0 Å². The standard InChI is InChI=1S/C28H23N3O7/c1-17(32)38-28-24(36-2)13-18(14-25(28)37-3)9-12-26(33)30-23-16-29-22-11-10-20(31(34)35)15-21(22)27(23)19-7-5-4-6-8-19/h4-16H,1-3H3,(H,30,33)/b12-9+. The molecule has 0 fully saturated rings. The SMILES string of the molecule is COc1cc(/C=C/C(=O)Nc2cnc3ccc([N+](=O)[O-])cc3c2-c2ccccc2)cc(OC)c1OC(C)=O. The lowest BCUT2D eigenvalue weighted by Crippen LogP contribution is -2.09. The Kier molecular flexibility index (Phi) is 7.62. The van der Waals surface area contributed by atoms with Crippen LogP contribution in [0.5, 0.6) is 17.2 Å². The van der Waals surface area contributed by atoms with E-state index in [1.807, 2.05) is 30.3 Å². The molecule has 0 aliphatic carbocycles. The average molecular weight is 514 g/mol. The first-order valence-corrected chi connectivity index (χ1v) is 11.4. The molecular weight excluding hydrogens is 490 g/mol. The first-order chi connectivity index (χ1) is 18.3. The number of methoxy groups -OCH3 is 2. The van der Waals surface area contributed by atoms with Crippen LogP contribution in [0, 0.1) is 10.1 Å². The van der Waals surface area contributed by atoms with Crippen molar-refractivity contribution >= 4 is 40.2 Å². The van der Waals surface area contributed by atoms with E-state index in [0.29, 0.717) is 27.7 Å². The van der Waals surface area contributed by atoms with E-state index >= 15 is 0 Å². The number of esters is 1. The monoisotopic (exact) mass is 513 g/mol. The van der Waals surface area contributed by atoms with E-state index in [2.05, 4.69) is 10.3 Å². The smallest absolute Gasteiger partial charge is 0.308 e. The number of pyridine rings is 1. The van der Waals surface area contributed by atoms with E-state index in [9.17, 15) is 19.7 Å². The van der Waals surface area contributed by atoms with Gasteiger partial charge in [0.2, 0.25) is 11.7 Å². The van der Waals surface area contributed by atoms with Crippen molar-refractivity contribution in [1.29, 1.82) is 0 Å². The third-order valence-corrected chi connectivity index (χ3v) is 5.54. The third kappa shape index (κ3) is 5.59. The Morgan fingerprint density at radius 3 is 2.29 bits per heavy atom. The zero-order valence-corrected chi connectivity index (χ0v) is 20.8. The molecule has 1 aromatic heterocycles. The molecule has 0 aliphatic rings. The molecule has 38 heavy (non-hydrogen) atoms. The summed E-state index contributed by atoms with van der Waals surface area (Å²) in [4.78, 5) is 39.7. The highest BCUT2D eigenvalue weighted by molar-refractivity contribution is 6.09. The summed E-state index contributed by atoms with van der Waals surface area (Å²) in [7, 11) is 2.84. The topological polar surface area (TPSA) is 130 Å². The van der Waals surface area contributed by atoms with E-state index in [0.717, 1.165) is 5.56 Å². The summed E-state index contributed by atoms with van der Waals surface area (Å²) in [5.74, 6) is -0.353. The highest BCUT2D eigenvalue weighted by Crippen LogP contribution is 2.39. The summed E-state index contributed by atoms with van der Waals surface area (Å²) in [6.07, 6.45) is 4.37. The molecule has 1 amide bonds. The minimum absolute atomic E-state index is 0.0834. The summed E-state index contributed by atoms with van der Waals surface area (Å²) in [6, 6.07) is 16.8. The molecule has 0 atom stereocenters. The molecule has 0 unspecified atom stereocenters. The van der Waals surface area contributed by atoms with Gasteiger partial charge in [0.1, 0.15) is 0 Å². The van der Waals surface area contributed by atoms with Crippen LogP contribution in [0.3, 0.4) is 0 Å². The van der Waals surface area contributed by atoms with Crippen LogP contribution < -0.4 is 19.5 Å². The number of hydrogen-bond acceptors (Lipinski definition) is 8. The van der Waals surface area contributed by atoms with Gasteiger partial charge in [0, 0.05) is 36.1 Å². The van der Waals surface area contributed by atoms with E-state index < -0.39 is 16.8 Å². The molecular formula is C28H23N3O7. The summed E-state index contributed by atoms with van der Waals surface area (Å²) in [5, 5.41) is 14.8. The molecule has 4 aromatic rings. The van der Waals surface area contributed by atoms with Crippen LogP contribution in [0.15, 0.2) is 72.9 Å². The third-order valence-electron chi connectivity index (χ3n) is 5.54. The van der Waals surface area contributed by atoms with Gasteiger partial charge in [-0.15, -0.1) is 0 Å². The highest BCUT2D eigenvalue weighted by atomic mass is 16.6. The predicted molar refractivity (Wildman–Crippen MR) is 142 cm³/mol. The number of benzene rings is 3. The number of carbonyl (C=O) groups excluding carboxylic acids is 2. The molecule has 4 rings (SSSR count). The number of anilines is 1. The maximum atomic E-state index is 12.9. The molecule has 0 bridgehead atoms. The van der Waals surface area contributed by atoms with E-state index in [1.54, 1.807) is 24.3 Å². The van der Waals surface area contributed by atoms with Crippen LogP contribution in [0.25, 0.3) is 28.1 Å². The number of nitrogens with one attached hydrogen (secondary N) is 1. The molecule has 1 N–H and O–H groups in total. The molecule has 1 heterocycles. The Morgan fingerprint density at radius 1 is 1.00 bits per heavy atom. The number of aromatic nitrogens is 1. The fourth-order valence-electron chi connectivity index (χ4n) is 3.89. The van der Waals surface area contributed by atoms with Crippen LogP contribution in [-0.4, -0.2) is 36.0 Å². The summed E-state index contributed by atoms with van der Waals surface area (Å²) >= 11 is 0. The van der Waals surface area contributed by atoms with Crippen LogP contribution in [0.1, 0.15) is 12.5 Å². The molecule has 0 aliphatic heterocycles. The molecule has 3 aromatic carbocycles. The zero-order valence-electron chi connectivity index (χ0n) is 20.8. The highest BCUT2D eigenvalue weighted by Gasteiger charge is 2.17. The van der Waals surface area contributed by atoms with Crippen molar-refractivity contribution in [2.75, 3.05) is 19.5 Å². The number of nitro groups is 1. The number of ether oxygens (including phenoxy) is 3. The minimum atomic E-state index is -0.534. The number of nitro benzene ring substituents is 1. The zero-order chi connectivity index (χ0) is 27.2. The molecule has 0 saturated heterocycles. The van der Waals surface area contributed by atoms with Crippen LogP contribution in [-0.2, 0) is 9.59 Å². The van der Waals surface area contributed by atoms with Gasteiger partial charge in [-0.1, -0.05) is 30.3 Å². The second-order valence-corrected chi connectivity index (χ2v) is 8.04. The van der Waals surface area contributed by atoms with Gasteiger partial charge in [0.15, 0.2) is 11.5 Å². The van der Waals surface area contributed by atoms with Gasteiger partial charge in [-0.25, -0.2) is 0 Å². The number of nitrogens with zero attached hydrogens (tertiary/aromatic N) is 2. The number of non-ortho nitro benzene ring substituents is 1. The Labute approximate surface area is 217 Å². The van der Waals surface area contributed by atoms with Gasteiger partial charge < -0.3 is 19.5 Å². The summed E-state index contributed by atoms with van der Waals surface area (Å²) in [5.41, 5.74) is 2.78. The molecule has 0 spiro atoms. The van der Waals surface area contributed by atoms with E-state index in [1.165, 1.54) is 45.5 Å². The summed E-state index contributed by atoms with van der Waals surface area (Å²) in [6.45, 7) is 1.26. The van der Waals surface area contributed by atoms with Gasteiger partial charge in [0.05, 0.1) is 36.5 Å². The summed E-state index contributed by atoms with van der Waals surface area (Å²) < 4.78 is 15.8. The lowest BCUT2D eigenvalue weighted by molar-refractivity contribution is -0.384. The van der Waals surface area contributed by atoms with Crippen molar-refractivity contribution in [3.8, 4) is 28.4 Å². The Morgan fingerprint density at radius 2 is 1.68 bits per heavy atom. The maximum Gasteiger partial charge on any atom is 0.308 e. The van der Waals surface area contributed by atoms with Gasteiger partial charge in [-0.2, -0.15) is 0 Å². The first kappa shape index (κ1) is 25.8. The van der Waals surface area contributed by atoms with Crippen molar-refractivity contribution in [2.45, 2.75) is 6.92 Å². The normalized spacial score (nSPS) is 10.8. The lowest BCUT2D eigenvalue weighted by Gasteiger charge is -2.14. The van der Waals surface area contributed by atoms with E-state index in [-0.39, 0.29) is 22.9 Å². The quantitative estimate of drug-likeness (QED) is 0.109. The van der Waals surface area contributed by atoms with Crippen molar-refractivity contribution in [1.82, 2.24) is 4.98 Å². The Balaban J connectivity index is 1.70. The number of fused-ring (bicyclic) bond motifs is 1. The molecule has 192 valence electrons. The first-order valence-electron chi connectivity index (χ1n) is 11.4. The number of amides is 1. The molecule has 10 nitrogen and oxygen atoms in total. The van der Waals surface area contributed by atoms with Crippen LogP contribution in [0.4, 0.5) is 11.4 Å². The number of carbonyl (C=O) groups is 2. The maximum absolute atomic E-state index is 12.9. The van der Waals surface area contributed by atoms with Crippen molar-refractivity contribution < 1.29 is 28.7 Å². The average Bonchev–Trinajstić information content (AvgIpc) is 2.91. The van der Waals surface area contributed by atoms with Gasteiger partial charge in [-0.3, -0.25) is 24.7 Å². The van der Waals surface area contributed by atoms with Crippen LogP contribution >= 0.6 is 0 Å². The minimum Gasteiger partial charge on any atom is -0.493 e. The second-order valence-electron chi connectivity index (χ2n) is 8.04. The molecule has 0 saturated carbocycles. The predicted octanol–water partition coefficient (Wildman–Crippen LogP) is 5.40. The molecule has 0 radical (unpaired) electrons. The Hall–Kier alpha value is -5.25. The van der Waals surface area contributed by atoms with Gasteiger partial charge in [-0.05, 0) is 35.4 Å². The number of hydrogen-bond donors (Lipinski definition) is 1. The largest absolute Gasteiger partial charge is 0.493 e. The van der Waals surface area contributed by atoms with Crippen molar-refractivity contribution in [3.63, 3.8) is 0 Å². The van der Waals surface area contributed by atoms with Gasteiger partial charge in [0.25, 0.3) is 5.69 Å².